The quantitative estimate of drug-likeness (QED) is 0.873. The van der Waals surface area contributed by atoms with Crippen molar-refractivity contribution >= 4 is 0 Å². The van der Waals surface area contributed by atoms with Gasteiger partial charge >= 0.3 is 0 Å². The molecule has 4 heteroatoms. The molecule has 1 aromatic carbocycles. The Kier molecular flexibility index (Phi) is 3.56. The van der Waals surface area contributed by atoms with Gasteiger partial charge in [-0.1, -0.05) is 18.2 Å². The molecule has 2 bridgehead atoms. The number of piperidine rings is 1. The highest BCUT2D eigenvalue weighted by molar-refractivity contribution is 5.18. The molecule has 0 saturated carbocycles. The van der Waals surface area contributed by atoms with Crippen molar-refractivity contribution in [2.24, 2.45) is 0 Å². The highest BCUT2D eigenvalue weighted by Crippen LogP contribution is 2.32. The van der Waals surface area contributed by atoms with E-state index >= 15 is 0 Å². The third-order valence-corrected chi connectivity index (χ3v) is 4.18. The molecule has 2 aliphatic rings. The van der Waals surface area contributed by atoms with Crippen molar-refractivity contribution < 1.29 is 14.2 Å². The van der Waals surface area contributed by atoms with Gasteiger partial charge in [-0.25, -0.2) is 4.39 Å². The van der Waals surface area contributed by atoms with E-state index in [1.807, 2.05) is 6.07 Å². The van der Waals surface area contributed by atoms with Crippen LogP contribution in [0.4, 0.5) is 4.39 Å². The Morgan fingerprint density at radius 3 is 2.63 bits per heavy atom. The van der Waals surface area contributed by atoms with Crippen LogP contribution in [0.15, 0.2) is 24.3 Å². The second-order valence-corrected chi connectivity index (χ2v) is 5.82. The first-order chi connectivity index (χ1) is 9.15. The second kappa shape index (κ2) is 5.19. The van der Waals surface area contributed by atoms with Crippen molar-refractivity contribution in [3.8, 4) is 0 Å². The van der Waals surface area contributed by atoms with E-state index in [0.717, 1.165) is 0 Å². The Labute approximate surface area is 112 Å². The third kappa shape index (κ3) is 2.96. The highest BCUT2D eigenvalue weighted by atomic mass is 19.1. The van der Waals surface area contributed by atoms with Crippen LogP contribution in [0.25, 0.3) is 0 Å². The van der Waals surface area contributed by atoms with E-state index in [-0.39, 0.29) is 17.9 Å². The third-order valence-electron chi connectivity index (χ3n) is 4.18. The predicted molar refractivity (Wildman–Crippen MR) is 70.4 cm³/mol. The van der Waals surface area contributed by atoms with Crippen LogP contribution in [0.1, 0.15) is 24.8 Å². The van der Waals surface area contributed by atoms with Crippen LogP contribution < -0.4 is 5.32 Å². The number of morpholine rings is 1. The molecule has 0 aromatic heterocycles. The van der Waals surface area contributed by atoms with Crippen LogP contribution in [0.3, 0.4) is 0 Å². The van der Waals surface area contributed by atoms with Gasteiger partial charge < -0.3 is 15.2 Å². The van der Waals surface area contributed by atoms with Gasteiger partial charge in [0.05, 0.1) is 18.8 Å². The average molecular weight is 265 g/mol. The molecule has 2 fully saturated rings. The number of ether oxygens (including phenoxy) is 1. The van der Waals surface area contributed by atoms with Crippen LogP contribution in [0.2, 0.25) is 0 Å². The Hall–Kier alpha value is -0.970. The maximum absolute atomic E-state index is 13.6. The number of hydrogen-bond donors (Lipinski definition) is 2. The minimum absolute atomic E-state index is 0.177. The van der Waals surface area contributed by atoms with Crippen LogP contribution in [-0.2, 0) is 11.2 Å². The molecule has 104 valence electrons. The fourth-order valence-corrected chi connectivity index (χ4v) is 3.29. The SMILES string of the molecule is OC1(CCc2ccccc2F)CC2COCC(C1)N2. The number of benzene rings is 1. The lowest BCUT2D eigenvalue weighted by molar-refractivity contribution is -0.0797. The molecule has 2 unspecified atom stereocenters. The van der Waals surface area contributed by atoms with Crippen LogP contribution in [-0.4, -0.2) is 36.0 Å². The van der Waals surface area contributed by atoms with Crippen molar-refractivity contribution in [2.75, 3.05) is 13.2 Å². The minimum atomic E-state index is -0.688. The first-order valence-corrected chi connectivity index (χ1v) is 6.94. The van der Waals surface area contributed by atoms with Crippen molar-refractivity contribution in [3.63, 3.8) is 0 Å². The number of aliphatic hydroxyl groups is 1. The first kappa shape index (κ1) is 13.0. The fraction of sp³-hybridized carbons (Fsp3) is 0.600. The van der Waals surface area contributed by atoms with Crippen molar-refractivity contribution in [3.05, 3.63) is 35.6 Å². The van der Waals surface area contributed by atoms with Crippen molar-refractivity contribution in [2.45, 2.75) is 43.4 Å². The zero-order valence-corrected chi connectivity index (χ0v) is 10.9. The van der Waals surface area contributed by atoms with E-state index in [1.165, 1.54) is 6.07 Å². The van der Waals surface area contributed by atoms with E-state index in [9.17, 15) is 9.50 Å². The van der Waals surface area contributed by atoms with Gasteiger partial charge in [-0.15, -0.1) is 0 Å². The van der Waals surface area contributed by atoms with E-state index in [0.29, 0.717) is 44.5 Å². The Morgan fingerprint density at radius 2 is 1.95 bits per heavy atom. The molecule has 0 amide bonds. The Morgan fingerprint density at radius 1 is 1.26 bits per heavy atom. The van der Waals surface area contributed by atoms with E-state index < -0.39 is 5.60 Å². The molecule has 2 heterocycles. The summed E-state index contributed by atoms with van der Waals surface area (Å²) >= 11 is 0. The number of halogens is 1. The van der Waals surface area contributed by atoms with Gasteiger partial charge in [0.15, 0.2) is 0 Å². The summed E-state index contributed by atoms with van der Waals surface area (Å²) in [6, 6.07) is 7.28. The predicted octanol–water partition coefficient (Wildman–Crippen LogP) is 1.64. The smallest absolute Gasteiger partial charge is 0.126 e. The maximum Gasteiger partial charge on any atom is 0.126 e. The lowest BCUT2D eigenvalue weighted by Crippen LogP contribution is -2.59. The summed E-state index contributed by atoms with van der Waals surface area (Å²) in [5.41, 5.74) is 0.00277. The first-order valence-electron chi connectivity index (χ1n) is 6.94. The van der Waals surface area contributed by atoms with Crippen LogP contribution >= 0.6 is 0 Å². The summed E-state index contributed by atoms with van der Waals surface area (Å²) in [5, 5.41) is 14.2. The van der Waals surface area contributed by atoms with Crippen molar-refractivity contribution in [1.82, 2.24) is 5.32 Å². The van der Waals surface area contributed by atoms with Gasteiger partial charge in [0.1, 0.15) is 5.82 Å². The number of hydrogen-bond acceptors (Lipinski definition) is 3. The maximum atomic E-state index is 13.6. The van der Waals surface area contributed by atoms with Gasteiger partial charge in [0.2, 0.25) is 0 Å². The topological polar surface area (TPSA) is 41.5 Å². The number of fused-ring (bicyclic) bond motifs is 2. The van der Waals surface area contributed by atoms with E-state index in [1.54, 1.807) is 12.1 Å². The molecule has 2 aliphatic heterocycles. The number of rotatable bonds is 3. The van der Waals surface area contributed by atoms with E-state index in [4.69, 9.17) is 4.74 Å². The number of nitrogens with one attached hydrogen (secondary N) is 1. The molecule has 3 rings (SSSR count). The van der Waals surface area contributed by atoms with Gasteiger partial charge in [0.25, 0.3) is 0 Å². The summed E-state index contributed by atoms with van der Waals surface area (Å²) in [4.78, 5) is 0. The summed E-state index contributed by atoms with van der Waals surface area (Å²) < 4.78 is 19.1. The summed E-state index contributed by atoms with van der Waals surface area (Å²) in [6.45, 7) is 1.33. The van der Waals surface area contributed by atoms with Gasteiger partial charge in [0, 0.05) is 12.1 Å². The highest BCUT2D eigenvalue weighted by Gasteiger charge is 2.40. The molecule has 1 aromatic rings. The zero-order valence-electron chi connectivity index (χ0n) is 10.9. The monoisotopic (exact) mass is 265 g/mol. The van der Waals surface area contributed by atoms with Gasteiger partial charge in [-0.05, 0) is 37.3 Å². The molecule has 2 N–H and O–H groups in total. The van der Waals surface area contributed by atoms with E-state index in [2.05, 4.69) is 5.32 Å². The lowest BCUT2D eigenvalue weighted by Gasteiger charge is -2.45. The standard InChI is InChI=1S/C15H20FNO2/c16-14-4-2-1-3-11(14)5-6-15(18)7-12-9-19-10-13(8-15)17-12/h1-4,12-13,17-18H,5-10H2. The van der Waals surface area contributed by atoms with Crippen molar-refractivity contribution in [1.29, 1.82) is 0 Å². The lowest BCUT2D eigenvalue weighted by atomic mass is 9.79. The molecule has 0 spiro atoms. The molecular weight excluding hydrogens is 245 g/mol. The average Bonchev–Trinajstić information content (AvgIpc) is 2.37. The van der Waals surface area contributed by atoms with Crippen LogP contribution in [0.5, 0.6) is 0 Å². The molecule has 2 saturated heterocycles. The summed E-state index contributed by atoms with van der Waals surface area (Å²) in [7, 11) is 0. The summed E-state index contributed by atoms with van der Waals surface area (Å²) in [6.07, 6.45) is 2.59. The Bertz CT molecular complexity index is 440. The molecule has 19 heavy (non-hydrogen) atoms. The minimum Gasteiger partial charge on any atom is -0.390 e. The zero-order chi connectivity index (χ0) is 13.3. The normalized spacial score (nSPS) is 34.2. The Balaban J connectivity index is 1.64. The number of aryl methyl sites for hydroxylation is 1. The molecule has 3 nitrogen and oxygen atoms in total. The molecular formula is C15H20FNO2. The molecule has 0 aliphatic carbocycles. The fourth-order valence-electron chi connectivity index (χ4n) is 3.29. The molecule has 2 atom stereocenters. The van der Waals surface area contributed by atoms with Gasteiger partial charge in [-0.2, -0.15) is 0 Å². The molecule has 0 radical (unpaired) electrons. The van der Waals surface area contributed by atoms with Gasteiger partial charge in [-0.3, -0.25) is 0 Å². The second-order valence-electron chi connectivity index (χ2n) is 5.82. The largest absolute Gasteiger partial charge is 0.390 e. The summed E-state index contributed by atoms with van der Waals surface area (Å²) in [5.74, 6) is -0.177. The van der Waals surface area contributed by atoms with Crippen LogP contribution in [0, 0.1) is 5.82 Å².